The van der Waals surface area contributed by atoms with Gasteiger partial charge in [0.15, 0.2) is 5.65 Å². The summed E-state index contributed by atoms with van der Waals surface area (Å²) in [5.74, 6) is 0.323. The molecule has 150 valence electrons. The lowest BCUT2D eigenvalue weighted by Crippen LogP contribution is -2.13. The lowest BCUT2D eigenvalue weighted by Gasteiger charge is -2.09. The standard InChI is InChI=1S/C25H17ClN4O/c26-19-10-12-20(13-11-19)28-25-29-23-22(24(31)30-25)21(14-15-27-23)18-8-6-17(7-9-18)16-4-2-1-3-5-16/h1-15H,(H2,27,28,29,30,31). The van der Waals surface area contributed by atoms with Crippen LogP contribution < -0.4 is 10.9 Å². The fourth-order valence-corrected chi connectivity index (χ4v) is 3.63. The fourth-order valence-electron chi connectivity index (χ4n) is 3.51. The van der Waals surface area contributed by atoms with Crippen LogP contribution in [0, 0.1) is 0 Å². The van der Waals surface area contributed by atoms with Gasteiger partial charge in [0.05, 0.1) is 5.39 Å². The molecular formula is C25H17ClN4O. The van der Waals surface area contributed by atoms with E-state index in [9.17, 15) is 4.79 Å². The number of pyridine rings is 1. The molecule has 5 rings (SSSR count). The highest BCUT2D eigenvalue weighted by molar-refractivity contribution is 6.30. The first kappa shape index (κ1) is 19.0. The number of fused-ring (bicyclic) bond motifs is 1. The fraction of sp³-hybridized carbons (Fsp3) is 0. The van der Waals surface area contributed by atoms with Crippen molar-refractivity contribution in [3.63, 3.8) is 0 Å². The minimum atomic E-state index is -0.253. The van der Waals surface area contributed by atoms with Gasteiger partial charge in [-0.3, -0.25) is 9.78 Å². The monoisotopic (exact) mass is 424 g/mol. The molecule has 0 aliphatic carbocycles. The second-order valence-corrected chi connectivity index (χ2v) is 7.48. The molecule has 0 bridgehead atoms. The number of aromatic nitrogens is 3. The summed E-state index contributed by atoms with van der Waals surface area (Å²) in [6, 6.07) is 27.3. The van der Waals surface area contributed by atoms with Gasteiger partial charge in [-0.2, -0.15) is 4.98 Å². The normalized spacial score (nSPS) is 10.9. The van der Waals surface area contributed by atoms with Crippen molar-refractivity contribution < 1.29 is 0 Å². The number of anilines is 2. The SMILES string of the molecule is O=c1[nH]c(Nc2ccc(Cl)cc2)nc2nccc(-c3ccc(-c4ccccc4)cc3)c12. The van der Waals surface area contributed by atoms with Gasteiger partial charge in [-0.05, 0) is 52.6 Å². The van der Waals surface area contributed by atoms with E-state index >= 15 is 0 Å². The Morgan fingerprint density at radius 1 is 0.774 bits per heavy atom. The maximum absolute atomic E-state index is 12.9. The van der Waals surface area contributed by atoms with Gasteiger partial charge in [-0.15, -0.1) is 0 Å². The highest BCUT2D eigenvalue weighted by Crippen LogP contribution is 2.28. The maximum Gasteiger partial charge on any atom is 0.262 e. The van der Waals surface area contributed by atoms with E-state index in [1.54, 1.807) is 18.3 Å². The van der Waals surface area contributed by atoms with Crippen molar-refractivity contribution in [2.45, 2.75) is 0 Å². The third-order valence-corrected chi connectivity index (χ3v) is 5.27. The van der Waals surface area contributed by atoms with Crippen LogP contribution in [0.1, 0.15) is 0 Å². The van der Waals surface area contributed by atoms with E-state index in [-0.39, 0.29) is 5.56 Å². The van der Waals surface area contributed by atoms with Gasteiger partial charge in [-0.25, -0.2) is 4.98 Å². The highest BCUT2D eigenvalue weighted by atomic mass is 35.5. The molecule has 0 saturated carbocycles. The molecule has 0 fully saturated rings. The summed E-state index contributed by atoms with van der Waals surface area (Å²) in [6.07, 6.45) is 1.67. The summed E-state index contributed by atoms with van der Waals surface area (Å²) < 4.78 is 0. The molecule has 0 radical (unpaired) electrons. The summed E-state index contributed by atoms with van der Waals surface area (Å²) in [6.45, 7) is 0. The largest absolute Gasteiger partial charge is 0.326 e. The molecule has 5 aromatic rings. The Hall–Kier alpha value is -3.96. The summed E-state index contributed by atoms with van der Waals surface area (Å²) in [5, 5.41) is 4.17. The van der Waals surface area contributed by atoms with Gasteiger partial charge < -0.3 is 5.32 Å². The molecule has 6 heteroatoms. The van der Waals surface area contributed by atoms with Crippen LogP contribution in [-0.2, 0) is 0 Å². The van der Waals surface area contributed by atoms with E-state index in [1.165, 1.54) is 0 Å². The first-order chi connectivity index (χ1) is 15.2. The molecule has 2 aromatic heterocycles. The summed E-state index contributed by atoms with van der Waals surface area (Å²) in [5.41, 5.74) is 4.87. The van der Waals surface area contributed by atoms with Crippen molar-refractivity contribution in [2.24, 2.45) is 0 Å². The molecule has 0 aliphatic heterocycles. The number of hydrogen-bond donors (Lipinski definition) is 2. The van der Waals surface area contributed by atoms with Gasteiger partial charge in [0, 0.05) is 16.9 Å². The molecule has 5 nitrogen and oxygen atoms in total. The van der Waals surface area contributed by atoms with Crippen molar-refractivity contribution in [3.8, 4) is 22.3 Å². The molecule has 0 amide bonds. The van der Waals surface area contributed by atoms with E-state index in [4.69, 9.17) is 11.6 Å². The van der Waals surface area contributed by atoms with E-state index in [1.807, 2.05) is 48.5 Å². The number of H-pyrrole nitrogens is 1. The minimum absolute atomic E-state index is 0.253. The van der Waals surface area contributed by atoms with Crippen LogP contribution in [0.15, 0.2) is 95.9 Å². The number of benzene rings is 3. The summed E-state index contributed by atoms with van der Waals surface area (Å²) in [4.78, 5) is 24.6. The predicted octanol–water partition coefficient (Wildman–Crippen LogP) is 6.05. The third-order valence-electron chi connectivity index (χ3n) is 5.02. The Bertz CT molecular complexity index is 1410. The molecule has 2 N–H and O–H groups in total. The molecule has 0 spiro atoms. The second kappa shape index (κ2) is 8.05. The van der Waals surface area contributed by atoms with Gasteiger partial charge in [0.1, 0.15) is 0 Å². The molecule has 31 heavy (non-hydrogen) atoms. The van der Waals surface area contributed by atoms with E-state index in [2.05, 4.69) is 44.5 Å². The minimum Gasteiger partial charge on any atom is -0.326 e. The van der Waals surface area contributed by atoms with Crippen LogP contribution >= 0.6 is 11.6 Å². The Labute approximate surface area is 183 Å². The highest BCUT2D eigenvalue weighted by Gasteiger charge is 2.12. The maximum atomic E-state index is 12.9. The average Bonchev–Trinajstić information content (AvgIpc) is 2.81. The first-order valence-corrected chi connectivity index (χ1v) is 10.1. The van der Waals surface area contributed by atoms with E-state index < -0.39 is 0 Å². The molecular weight excluding hydrogens is 408 g/mol. The Morgan fingerprint density at radius 2 is 1.45 bits per heavy atom. The van der Waals surface area contributed by atoms with Crippen LogP contribution in [0.4, 0.5) is 11.6 Å². The van der Waals surface area contributed by atoms with Crippen molar-refractivity contribution in [3.05, 3.63) is 107 Å². The molecule has 0 atom stereocenters. The van der Waals surface area contributed by atoms with Crippen LogP contribution in [0.5, 0.6) is 0 Å². The number of nitrogens with zero attached hydrogens (tertiary/aromatic N) is 2. The zero-order valence-electron chi connectivity index (χ0n) is 16.3. The average molecular weight is 425 g/mol. The molecule has 0 unspecified atom stereocenters. The lowest BCUT2D eigenvalue weighted by atomic mass is 9.99. The van der Waals surface area contributed by atoms with Gasteiger partial charge >= 0.3 is 0 Å². The molecule has 2 heterocycles. The second-order valence-electron chi connectivity index (χ2n) is 7.05. The number of nitrogens with one attached hydrogen (secondary N) is 2. The topological polar surface area (TPSA) is 70.7 Å². The van der Waals surface area contributed by atoms with Crippen molar-refractivity contribution in [1.29, 1.82) is 0 Å². The number of rotatable bonds is 4. The number of halogens is 1. The van der Waals surface area contributed by atoms with Crippen LogP contribution in [0.25, 0.3) is 33.3 Å². The van der Waals surface area contributed by atoms with E-state index in [0.717, 1.165) is 27.9 Å². The smallest absolute Gasteiger partial charge is 0.262 e. The summed E-state index contributed by atoms with van der Waals surface area (Å²) >= 11 is 5.93. The predicted molar refractivity (Wildman–Crippen MR) is 126 cm³/mol. The number of hydrogen-bond acceptors (Lipinski definition) is 4. The lowest BCUT2D eigenvalue weighted by molar-refractivity contribution is 1.14. The van der Waals surface area contributed by atoms with Crippen LogP contribution in [0.2, 0.25) is 5.02 Å². The van der Waals surface area contributed by atoms with Gasteiger partial charge in [-0.1, -0.05) is 66.2 Å². The molecule has 0 saturated heterocycles. The molecule has 3 aromatic carbocycles. The number of aromatic amines is 1. The zero-order chi connectivity index (χ0) is 21.2. The van der Waals surface area contributed by atoms with Crippen molar-refractivity contribution >= 4 is 34.3 Å². The Kier molecular flexibility index (Phi) is 4.94. The van der Waals surface area contributed by atoms with Crippen molar-refractivity contribution in [2.75, 3.05) is 5.32 Å². The quantitative estimate of drug-likeness (QED) is 0.368. The summed E-state index contributed by atoms with van der Waals surface area (Å²) in [7, 11) is 0. The van der Waals surface area contributed by atoms with Crippen LogP contribution in [0.3, 0.4) is 0 Å². The Balaban J connectivity index is 1.53. The third kappa shape index (κ3) is 3.91. The zero-order valence-corrected chi connectivity index (χ0v) is 17.1. The van der Waals surface area contributed by atoms with Gasteiger partial charge in [0.2, 0.25) is 5.95 Å². The van der Waals surface area contributed by atoms with Crippen molar-refractivity contribution in [1.82, 2.24) is 15.0 Å². The van der Waals surface area contributed by atoms with Gasteiger partial charge in [0.25, 0.3) is 5.56 Å². The first-order valence-electron chi connectivity index (χ1n) is 9.75. The molecule has 0 aliphatic rings. The van der Waals surface area contributed by atoms with E-state index in [0.29, 0.717) is 22.0 Å². The van der Waals surface area contributed by atoms with Crippen LogP contribution in [-0.4, -0.2) is 15.0 Å². The Morgan fingerprint density at radius 3 is 2.19 bits per heavy atom.